The molecule has 5 rings (SSSR count). The number of amides is 4. The Morgan fingerprint density at radius 1 is 1.05 bits per heavy atom. The van der Waals surface area contributed by atoms with Crippen molar-refractivity contribution in [2.75, 3.05) is 39.9 Å². The lowest BCUT2D eigenvalue weighted by molar-refractivity contribution is -0.138. The lowest BCUT2D eigenvalue weighted by Crippen LogP contribution is -2.62. The van der Waals surface area contributed by atoms with Gasteiger partial charge in [-0.25, -0.2) is 4.79 Å². The normalized spacial score (nSPS) is 30.2. The summed E-state index contributed by atoms with van der Waals surface area (Å²) >= 11 is 0. The summed E-state index contributed by atoms with van der Waals surface area (Å²) in [5.41, 5.74) is 0.503. The third-order valence-electron chi connectivity index (χ3n) is 9.64. The maximum atomic E-state index is 13.9. The molecule has 0 radical (unpaired) electrons. The predicted molar refractivity (Wildman–Crippen MR) is 162 cm³/mol. The fraction of sp³-hybridized carbons (Fsp3) is 0.719. The lowest BCUT2D eigenvalue weighted by Gasteiger charge is -2.48. The smallest absolute Gasteiger partial charge is 0.327 e. The van der Waals surface area contributed by atoms with E-state index in [1.165, 1.54) is 10.5 Å². The number of hydrogen-bond acceptors (Lipinski definition) is 5. The lowest BCUT2D eigenvalue weighted by atomic mass is 9.79. The van der Waals surface area contributed by atoms with Crippen LogP contribution in [0.4, 0.5) is 4.79 Å². The number of halogens is 1. The number of methoxy groups -OCH3 is 1. The Balaban J connectivity index is 0.00000387. The van der Waals surface area contributed by atoms with E-state index in [1.807, 2.05) is 18.7 Å². The minimum atomic E-state index is -0.759. The maximum absolute atomic E-state index is 13.9. The van der Waals surface area contributed by atoms with Crippen molar-refractivity contribution in [2.45, 2.75) is 96.3 Å². The average Bonchev–Trinajstić information content (AvgIpc) is 3.47. The highest BCUT2D eigenvalue weighted by molar-refractivity contribution is 6.07. The predicted octanol–water partition coefficient (Wildman–Crippen LogP) is 4.77. The number of imide groups is 1. The van der Waals surface area contributed by atoms with Gasteiger partial charge < -0.3 is 14.5 Å². The highest BCUT2D eigenvalue weighted by Crippen LogP contribution is 2.49. The van der Waals surface area contributed by atoms with Crippen molar-refractivity contribution in [2.24, 2.45) is 11.3 Å². The summed E-state index contributed by atoms with van der Waals surface area (Å²) < 4.78 is 5.22. The first kappa shape index (κ1) is 31.8. The Kier molecular flexibility index (Phi) is 9.46. The van der Waals surface area contributed by atoms with Crippen LogP contribution in [0.25, 0.3) is 0 Å². The molecule has 0 saturated carbocycles. The maximum Gasteiger partial charge on any atom is 0.327 e. The first-order valence-corrected chi connectivity index (χ1v) is 15.2. The van der Waals surface area contributed by atoms with Crippen LogP contribution < -0.4 is 0 Å². The van der Waals surface area contributed by atoms with Crippen LogP contribution in [0.2, 0.25) is 0 Å². The third-order valence-corrected chi connectivity index (χ3v) is 9.64. The summed E-state index contributed by atoms with van der Waals surface area (Å²) in [5, 5.41) is 0. The number of benzene rings is 1. The Labute approximate surface area is 252 Å². The molecule has 2 bridgehead atoms. The molecule has 4 aliphatic heterocycles. The van der Waals surface area contributed by atoms with Gasteiger partial charge in [0.1, 0.15) is 5.54 Å². The van der Waals surface area contributed by atoms with Gasteiger partial charge in [0, 0.05) is 57.2 Å². The van der Waals surface area contributed by atoms with E-state index >= 15 is 0 Å². The van der Waals surface area contributed by atoms with E-state index in [0.29, 0.717) is 44.2 Å². The second kappa shape index (κ2) is 12.2. The second-order valence-corrected chi connectivity index (χ2v) is 14.0. The molecule has 0 aromatic heterocycles. The highest BCUT2D eigenvalue weighted by atomic mass is 35.5. The van der Waals surface area contributed by atoms with Crippen molar-refractivity contribution < 1.29 is 19.1 Å². The molecule has 41 heavy (non-hydrogen) atoms. The Morgan fingerprint density at radius 2 is 1.68 bits per heavy atom. The number of hydrogen-bond donors (Lipinski definition) is 0. The van der Waals surface area contributed by atoms with Gasteiger partial charge in [0.15, 0.2) is 0 Å². The first-order valence-electron chi connectivity index (χ1n) is 15.2. The summed E-state index contributed by atoms with van der Waals surface area (Å²) in [6.45, 7) is 13.5. The van der Waals surface area contributed by atoms with Crippen LogP contribution in [0.1, 0.15) is 78.2 Å². The second-order valence-electron chi connectivity index (χ2n) is 14.0. The van der Waals surface area contributed by atoms with E-state index < -0.39 is 5.54 Å². The third kappa shape index (κ3) is 6.02. The van der Waals surface area contributed by atoms with Gasteiger partial charge in [0.05, 0.1) is 13.2 Å². The number of piperidine rings is 1. The van der Waals surface area contributed by atoms with Crippen molar-refractivity contribution in [3.63, 3.8) is 0 Å². The number of carbonyl (C=O) groups excluding carboxylic acids is 3. The minimum absolute atomic E-state index is 0. The molecule has 1 aromatic carbocycles. The number of ether oxygens (including phenoxy) is 1. The highest BCUT2D eigenvalue weighted by Gasteiger charge is 2.63. The fourth-order valence-electron chi connectivity index (χ4n) is 8.01. The van der Waals surface area contributed by atoms with Crippen molar-refractivity contribution in [3.8, 4) is 0 Å². The molecule has 4 saturated heterocycles. The van der Waals surface area contributed by atoms with Gasteiger partial charge in [0.25, 0.3) is 5.91 Å². The molecular weight excluding hydrogens is 540 g/mol. The van der Waals surface area contributed by atoms with Crippen LogP contribution in [0.15, 0.2) is 30.3 Å². The zero-order chi connectivity index (χ0) is 28.8. The topological polar surface area (TPSA) is 73.4 Å². The number of likely N-dealkylation sites (tertiary alicyclic amines) is 1. The number of carbonyl (C=O) groups is 3. The minimum Gasteiger partial charge on any atom is -0.383 e. The Hall–Kier alpha value is -2.16. The zero-order valence-electron chi connectivity index (χ0n) is 25.7. The molecule has 4 heterocycles. The number of urea groups is 1. The number of nitrogens with zero attached hydrogens (tertiary/aromatic N) is 4. The summed E-state index contributed by atoms with van der Waals surface area (Å²) in [4.78, 5) is 48.7. The van der Waals surface area contributed by atoms with Crippen LogP contribution in [0, 0.1) is 11.3 Å². The average molecular weight is 589 g/mol. The standard InChI is InChI=1S/C32H48N4O4.ClH/c1-22(2)36-30(39)34(14-15-40-6)29(38)32(36)16-25-12-13-26(17-32)35(25)20-24-19-33(28(37)18-31(3,4)5)21-27(24)23-10-8-7-9-11-23;/h7-11,22,24-27H,12-21H2,1-6H3;1H/t24-,25?,26?,27-,32?;/m1./s1. The molecule has 4 fully saturated rings. The first-order chi connectivity index (χ1) is 18.9. The number of fused-ring (bicyclic) bond motifs is 2. The van der Waals surface area contributed by atoms with Crippen molar-refractivity contribution >= 4 is 30.3 Å². The molecule has 1 aromatic rings. The summed E-state index contributed by atoms with van der Waals surface area (Å²) in [7, 11) is 1.60. The largest absolute Gasteiger partial charge is 0.383 e. The SMILES string of the molecule is COCCN1C(=O)N(C(C)C)C2(CC3CCC(C2)N3C[C@H]2CN(C(=O)CC(C)(C)C)C[C@@H]2c2ccccc2)C1=O.Cl. The molecule has 228 valence electrons. The molecule has 0 aliphatic carbocycles. The summed E-state index contributed by atoms with van der Waals surface area (Å²) in [6, 6.07) is 11.0. The number of rotatable bonds is 8. The molecule has 4 atom stereocenters. The van der Waals surface area contributed by atoms with Crippen LogP contribution in [-0.2, 0) is 14.3 Å². The van der Waals surface area contributed by atoms with E-state index in [4.69, 9.17) is 4.74 Å². The molecule has 4 aliphatic rings. The van der Waals surface area contributed by atoms with E-state index in [9.17, 15) is 14.4 Å². The molecule has 0 N–H and O–H groups in total. The van der Waals surface area contributed by atoms with Gasteiger partial charge in [-0.15, -0.1) is 12.4 Å². The molecular formula is C32H49ClN4O4. The van der Waals surface area contributed by atoms with Crippen molar-refractivity contribution in [1.82, 2.24) is 19.6 Å². The Morgan fingerprint density at radius 3 is 2.24 bits per heavy atom. The van der Waals surface area contributed by atoms with Crippen LogP contribution >= 0.6 is 12.4 Å². The van der Waals surface area contributed by atoms with E-state index in [1.54, 1.807) is 7.11 Å². The van der Waals surface area contributed by atoms with Gasteiger partial charge in [-0.05, 0) is 56.4 Å². The van der Waals surface area contributed by atoms with Crippen LogP contribution in [0.3, 0.4) is 0 Å². The van der Waals surface area contributed by atoms with Crippen LogP contribution in [-0.4, -0.2) is 101 Å². The van der Waals surface area contributed by atoms with Gasteiger partial charge >= 0.3 is 6.03 Å². The fourth-order valence-corrected chi connectivity index (χ4v) is 8.01. The van der Waals surface area contributed by atoms with E-state index in [2.05, 4.69) is 60.9 Å². The molecule has 9 heteroatoms. The Bertz CT molecular complexity index is 1090. The summed E-state index contributed by atoms with van der Waals surface area (Å²) in [5.74, 6) is 0.840. The van der Waals surface area contributed by atoms with E-state index in [-0.39, 0.29) is 53.8 Å². The molecule has 4 amide bonds. The zero-order valence-corrected chi connectivity index (χ0v) is 26.5. The quantitative estimate of drug-likeness (QED) is 0.409. The molecule has 8 nitrogen and oxygen atoms in total. The van der Waals surface area contributed by atoms with Gasteiger partial charge in [-0.2, -0.15) is 0 Å². The van der Waals surface area contributed by atoms with Crippen LogP contribution in [0.5, 0.6) is 0 Å². The molecule has 1 spiro atoms. The van der Waals surface area contributed by atoms with Crippen molar-refractivity contribution in [1.29, 1.82) is 0 Å². The monoisotopic (exact) mass is 588 g/mol. The summed E-state index contributed by atoms with van der Waals surface area (Å²) in [6.07, 6.45) is 4.02. The van der Waals surface area contributed by atoms with Gasteiger partial charge in [0.2, 0.25) is 5.91 Å². The van der Waals surface area contributed by atoms with Gasteiger partial charge in [-0.3, -0.25) is 19.4 Å². The van der Waals surface area contributed by atoms with Crippen molar-refractivity contribution in [3.05, 3.63) is 35.9 Å². The van der Waals surface area contributed by atoms with Gasteiger partial charge in [-0.1, -0.05) is 51.1 Å². The molecule has 2 unspecified atom stereocenters. The van der Waals surface area contributed by atoms with E-state index in [0.717, 1.165) is 32.5 Å².